The summed E-state index contributed by atoms with van der Waals surface area (Å²) in [6.07, 6.45) is -1.64. The molecule has 3 heterocycles. The maximum Gasteiger partial charge on any atom is 0.416 e. The van der Waals surface area contributed by atoms with Crippen molar-refractivity contribution >= 4 is 17.6 Å². The van der Waals surface area contributed by atoms with Gasteiger partial charge in [-0.2, -0.15) is 13.2 Å². The van der Waals surface area contributed by atoms with Crippen molar-refractivity contribution in [1.82, 2.24) is 19.4 Å². The number of hydrogen-bond donors (Lipinski definition) is 2. The van der Waals surface area contributed by atoms with Crippen LogP contribution in [0.5, 0.6) is 0 Å². The highest BCUT2D eigenvalue weighted by Crippen LogP contribution is 2.36. The molecule has 37 heavy (non-hydrogen) atoms. The summed E-state index contributed by atoms with van der Waals surface area (Å²) in [6.45, 7) is 1.95. The van der Waals surface area contributed by atoms with Crippen molar-refractivity contribution < 1.29 is 23.1 Å². The number of alkyl halides is 3. The molecule has 0 fully saturated rings. The first-order chi connectivity index (χ1) is 17.7. The second-order valence-corrected chi connectivity index (χ2v) is 8.38. The van der Waals surface area contributed by atoms with Gasteiger partial charge in [0.1, 0.15) is 5.65 Å². The number of anilines is 1. The predicted octanol–water partition coefficient (Wildman–Crippen LogP) is 6.35. The van der Waals surface area contributed by atoms with Crippen molar-refractivity contribution in [2.24, 2.45) is 0 Å². The van der Waals surface area contributed by atoms with Gasteiger partial charge in [0.25, 0.3) is 0 Å². The third-order valence-corrected chi connectivity index (χ3v) is 5.87. The van der Waals surface area contributed by atoms with Gasteiger partial charge in [-0.15, -0.1) is 0 Å². The molecule has 186 valence electrons. The number of halogens is 3. The van der Waals surface area contributed by atoms with Crippen molar-refractivity contribution in [2.45, 2.75) is 19.1 Å². The van der Waals surface area contributed by atoms with Crippen molar-refractivity contribution in [3.8, 4) is 22.6 Å². The number of benzene rings is 2. The first-order valence-electron chi connectivity index (χ1n) is 11.3. The molecule has 0 spiro atoms. The minimum absolute atomic E-state index is 0.00755. The van der Waals surface area contributed by atoms with E-state index in [0.717, 1.165) is 17.7 Å². The van der Waals surface area contributed by atoms with Crippen LogP contribution in [0.25, 0.3) is 28.3 Å². The quantitative estimate of drug-likeness (QED) is 0.281. The maximum absolute atomic E-state index is 13.4. The Balaban J connectivity index is 1.66. The number of aromatic nitrogens is 4. The van der Waals surface area contributed by atoms with Crippen LogP contribution >= 0.6 is 0 Å². The first kappa shape index (κ1) is 24.0. The van der Waals surface area contributed by atoms with E-state index in [1.165, 1.54) is 41.1 Å². The van der Waals surface area contributed by atoms with Crippen LogP contribution in [0.3, 0.4) is 0 Å². The molecular weight excluding hydrogens is 483 g/mol. The van der Waals surface area contributed by atoms with Gasteiger partial charge in [0.2, 0.25) is 5.95 Å². The number of nitrogens with zero attached hydrogens (tertiary/aromatic N) is 4. The molecular formula is C27H20F3N5O2. The minimum atomic E-state index is -4.54. The summed E-state index contributed by atoms with van der Waals surface area (Å²) >= 11 is 0. The number of carbonyl (C=O) groups is 1. The van der Waals surface area contributed by atoms with E-state index in [2.05, 4.69) is 20.3 Å². The number of carboxylic acids is 1. The van der Waals surface area contributed by atoms with Crippen LogP contribution in [-0.2, 0) is 6.18 Å². The van der Waals surface area contributed by atoms with Crippen LogP contribution in [0.1, 0.15) is 34.5 Å². The van der Waals surface area contributed by atoms with Gasteiger partial charge >= 0.3 is 12.1 Å². The van der Waals surface area contributed by atoms with Crippen LogP contribution < -0.4 is 5.32 Å². The van der Waals surface area contributed by atoms with Crippen molar-refractivity contribution in [1.29, 1.82) is 0 Å². The molecule has 2 N–H and O–H groups in total. The number of pyridine rings is 1. The number of hydrogen-bond acceptors (Lipinski definition) is 5. The van der Waals surface area contributed by atoms with Crippen LogP contribution in [0, 0.1) is 0 Å². The van der Waals surface area contributed by atoms with E-state index in [0.29, 0.717) is 23.0 Å². The Morgan fingerprint density at radius 2 is 1.78 bits per heavy atom. The summed E-state index contributed by atoms with van der Waals surface area (Å²) in [5, 5.41) is 12.7. The Bertz CT molecular complexity index is 1600. The lowest BCUT2D eigenvalue weighted by molar-refractivity contribution is -0.137. The first-order valence-corrected chi connectivity index (χ1v) is 11.3. The molecule has 1 atom stereocenters. The number of imidazole rings is 1. The van der Waals surface area contributed by atoms with E-state index in [4.69, 9.17) is 0 Å². The fourth-order valence-corrected chi connectivity index (χ4v) is 4.04. The molecule has 0 radical (unpaired) electrons. The molecule has 0 aliphatic rings. The van der Waals surface area contributed by atoms with Gasteiger partial charge < -0.3 is 10.4 Å². The number of rotatable bonds is 6. The number of nitrogens with one attached hydrogen (secondary N) is 1. The fourth-order valence-electron chi connectivity index (χ4n) is 4.04. The average molecular weight is 503 g/mol. The van der Waals surface area contributed by atoms with Gasteiger partial charge in [-0.25, -0.2) is 19.7 Å². The van der Waals surface area contributed by atoms with Gasteiger partial charge in [-0.3, -0.25) is 4.40 Å². The van der Waals surface area contributed by atoms with E-state index in [1.807, 2.05) is 37.3 Å². The van der Waals surface area contributed by atoms with Crippen LogP contribution in [0.15, 0.2) is 85.2 Å². The molecule has 5 aromatic rings. The molecule has 0 aliphatic carbocycles. The van der Waals surface area contributed by atoms with Crippen LogP contribution in [0.4, 0.5) is 19.1 Å². The van der Waals surface area contributed by atoms with Gasteiger partial charge in [0.15, 0.2) is 0 Å². The minimum Gasteiger partial charge on any atom is -0.478 e. The fraction of sp³-hybridized carbons (Fsp3) is 0.111. The highest BCUT2D eigenvalue weighted by molar-refractivity contribution is 5.89. The van der Waals surface area contributed by atoms with E-state index < -0.39 is 17.7 Å². The molecule has 0 saturated heterocycles. The van der Waals surface area contributed by atoms with E-state index in [1.54, 1.807) is 6.07 Å². The van der Waals surface area contributed by atoms with Gasteiger partial charge in [-0.1, -0.05) is 42.5 Å². The Hall–Kier alpha value is -4.73. The summed E-state index contributed by atoms with van der Waals surface area (Å²) in [6, 6.07) is 18.9. The van der Waals surface area contributed by atoms with E-state index in [9.17, 15) is 23.1 Å². The molecule has 0 unspecified atom stereocenters. The summed E-state index contributed by atoms with van der Waals surface area (Å²) in [5.74, 6) is -0.850. The zero-order valence-electron chi connectivity index (χ0n) is 19.4. The predicted molar refractivity (Wildman–Crippen MR) is 132 cm³/mol. The number of aromatic carboxylic acids is 1. The Labute approximate surface area is 209 Å². The van der Waals surface area contributed by atoms with Crippen molar-refractivity contribution in [3.05, 3.63) is 102 Å². The van der Waals surface area contributed by atoms with Crippen molar-refractivity contribution in [2.75, 3.05) is 5.32 Å². The van der Waals surface area contributed by atoms with Crippen LogP contribution in [-0.4, -0.2) is 30.4 Å². The smallest absolute Gasteiger partial charge is 0.416 e. The Morgan fingerprint density at radius 3 is 2.51 bits per heavy atom. The maximum atomic E-state index is 13.4. The summed E-state index contributed by atoms with van der Waals surface area (Å²) in [5.41, 5.74) is 1.70. The Kier molecular flexibility index (Phi) is 6.08. The molecule has 0 saturated carbocycles. The molecule has 10 heteroatoms. The lowest BCUT2D eigenvalue weighted by atomic mass is 10.0. The second kappa shape index (κ2) is 9.38. The standard InChI is InChI=1S/C27H20F3N5O2/c1-16(17-6-3-2-4-7-17)32-26-31-13-12-21(33-26)24-23(18-8-5-9-20(14-18)27(28,29)30)34-22-11-10-19(25(36)37)15-35(22)24/h2-16H,1H3,(H,36,37)(H,31,32,33)/t16-/m1/s1. The lowest BCUT2D eigenvalue weighted by Crippen LogP contribution is -2.10. The topological polar surface area (TPSA) is 92.4 Å². The third kappa shape index (κ3) is 4.86. The monoisotopic (exact) mass is 503 g/mol. The highest BCUT2D eigenvalue weighted by atomic mass is 19.4. The molecule has 7 nitrogen and oxygen atoms in total. The third-order valence-electron chi connectivity index (χ3n) is 5.87. The molecule has 5 rings (SSSR count). The van der Waals surface area contributed by atoms with E-state index in [-0.39, 0.29) is 22.9 Å². The highest BCUT2D eigenvalue weighted by Gasteiger charge is 2.31. The summed E-state index contributed by atoms with van der Waals surface area (Å²) in [7, 11) is 0. The molecule has 2 aromatic carbocycles. The normalized spacial score (nSPS) is 12.4. The molecule has 3 aromatic heterocycles. The zero-order chi connectivity index (χ0) is 26.2. The number of carboxylic acid groups (broad SMARTS) is 1. The SMILES string of the molecule is C[C@@H](Nc1nccc(-c2c(-c3cccc(C(F)(F)F)c3)nc3ccc(C(=O)O)cn23)n1)c1ccccc1. The average Bonchev–Trinajstić information content (AvgIpc) is 3.28. The molecule has 0 aliphatic heterocycles. The molecule has 0 bridgehead atoms. The van der Waals surface area contributed by atoms with Crippen LogP contribution in [0.2, 0.25) is 0 Å². The zero-order valence-corrected chi connectivity index (χ0v) is 19.4. The molecule has 0 amide bonds. The van der Waals surface area contributed by atoms with Crippen molar-refractivity contribution in [3.63, 3.8) is 0 Å². The summed E-state index contributed by atoms with van der Waals surface area (Å²) < 4.78 is 41.9. The largest absolute Gasteiger partial charge is 0.478 e. The Morgan fingerprint density at radius 1 is 1.00 bits per heavy atom. The lowest BCUT2D eigenvalue weighted by Gasteiger charge is -2.15. The van der Waals surface area contributed by atoms with E-state index >= 15 is 0 Å². The van der Waals surface area contributed by atoms with Gasteiger partial charge in [-0.05, 0) is 42.8 Å². The van der Waals surface area contributed by atoms with Gasteiger partial charge in [0, 0.05) is 18.0 Å². The summed E-state index contributed by atoms with van der Waals surface area (Å²) in [4.78, 5) is 25.1. The van der Waals surface area contributed by atoms with Gasteiger partial charge in [0.05, 0.1) is 34.3 Å². The number of fused-ring (bicyclic) bond motifs is 1. The second-order valence-electron chi connectivity index (χ2n) is 8.38.